The molecule has 0 atom stereocenters. The van der Waals surface area contributed by atoms with Gasteiger partial charge in [0.05, 0.1) is 11.2 Å². The molecule has 7 heteroatoms. The van der Waals surface area contributed by atoms with E-state index in [1.165, 1.54) is 5.56 Å². The molecule has 1 fully saturated rings. The molecule has 0 radical (unpaired) electrons. The van der Waals surface area contributed by atoms with Gasteiger partial charge in [-0.1, -0.05) is 24.3 Å². The summed E-state index contributed by atoms with van der Waals surface area (Å²) < 4.78 is 0. The fourth-order valence-electron chi connectivity index (χ4n) is 3.78. The molecule has 7 nitrogen and oxygen atoms in total. The minimum atomic E-state index is -0.406. The van der Waals surface area contributed by atoms with E-state index >= 15 is 0 Å². The maximum Gasteiger partial charge on any atom is 0.248 e. The molecule has 3 heterocycles. The van der Waals surface area contributed by atoms with Crippen molar-refractivity contribution in [3.05, 3.63) is 48.3 Å². The van der Waals surface area contributed by atoms with Gasteiger partial charge in [-0.25, -0.2) is 9.97 Å². The van der Waals surface area contributed by atoms with E-state index < -0.39 is 6.61 Å². The van der Waals surface area contributed by atoms with Gasteiger partial charge in [-0.3, -0.25) is 9.78 Å². The van der Waals surface area contributed by atoms with Gasteiger partial charge < -0.3 is 15.3 Å². The maximum absolute atomic E-state index is 11.6. The number of amides is 1. The van der Waals surface area contributed by atoms with Crippen LogP contribution < -0.4 is 5.32 Å². The zero-order valence-electron chi connectivity index (χ0n) is 15.8. The topological polar surface area (TPSA) is 91.2 Å². The number of hydrogen-bond donors (Lipinski definition) is 2. The van der Waals surface area contributed by atoms with Crippen LogP contribution in [-0.2, 0) is 4.79 Å². The standard InChI is InChI=1S/C21H23N5O2/c1-22-21-20-18(23-8-9-24-20)12-17(25-21)16-4-2-14(3-5-16)15-6-10-26(11-7-15)19(28)13-27/h2-5,8-9,12,15,27H,6-7,10-11,13H2,1H3,(H,22,25). The number of fused-ring (bicyclic) bond motifs is 1. The molecule has 28 heavy (non-hydrogen) atoms. The minimum absolute atomic E-state index is 0.181. The predicted molar refractivity (Wildman–Crippen MR) is 108 cm³/mol. The number of pyridine rings is 1. The lowest BCUT2D eigenvalue weighted by Crippen LogP contribution is -2.39. The summed E-state index contributed by atoms with van der Waals surface area (Å²) in [4.78, 5) is 26.8. The molecule has 1 aromatic carbocycles. The maximum atomic E-state index is 11.6. The quantitative estimate of drug-likeness (QED) is 0.726. The van der Waals surface area contributed by atoms with Crippen molar-refractivity contribution in [2.75, 3.05) is 32.1 Å². The molecule has 2 aromatic heterocycles. The highest BCUT2D eigenvalue weighted by Crippen LogP contribution is 2.31. The number of nitrogens with zero attached hydrogens (tertiary/aromatic N) is 4. The van der Waals surface area contributed by atoms with Gasteiger partial charge in [-0.2, -0.15) is 0 Å². The number of carbonyl (C=O) groups excluding carboxylic acids is 1. The summed E-state index contributed by atoms with van der Waals surface area (Å²) in [6.45, 7) is 0.988. The normalized spacial score (nSPS) is 15.0. The zero-order chi connectivity index (χ0) is 19.5. The zero-order valence-corrected chi connectivity index (χ0v) is 15.8. The van der Waals surface area contributed by atoms with Crippen LogP contribution in [-0.4, -0.2) is 57.6 Å². The fraction of sp³-hybridized carbons (Fsp3) is 0.333. The molecule has 3 aromatic rings. The lowest BCUT2D eigenvalue weighted by molar-refractivity contribution is -0.135. The van der Waals surface area contributed by atoms with Crippen LogP contribution >= 0.6 is 0 Å². The first-order chi connectivity index (χ1) is 13.7. The van der Waals surface area contributed by atoms with Crippen molar-refractivity contribution in [1.29, 1.82) is 0 Å². The van der Waals surface area contributed by atoms with E-state index in [-0.39, 0.29) is 5.91 Å². The minimum Gasteiger partial charge on any atom is -0.387 e. The summed E-state index contributed by atoms with van der Waals surface area (Å²) in [5.41, 5.74) is 4.72. The van der Waals surface area contributed by atoms with E-state index in [2.05, 4.69) is 44.5 Å². The lowest BCUT2D eigenvalue weighted by Gasteiger charge is -2.32. The van der Waals surface area contributed by atoms with Gasteiger partial charge >= 0.3 is 0 Å². The number of hydrogen-bond acceptors (Lipinski definition) is 6. The Bertz CT molecular complexity index is 982. The van der Waals surface area contributed by atoms with Crippen molar-refractivity contribution >= 4 is 22.8 Å². The smallest absolute Gasteiger partial charge is 0.248 e. The van der Waals surface area contributed by atoms with E-state index in [0.29, 0.717) is 24.8 Å². The molecule has 2 N–H and O–H groups in total. The average molecular weight is 377 g/mol. The number of benzene rings is 1. The van der Waals surface area contributed by atoms with Crippen LogP contribution in [0, 0.1) is 0 Å². The third kappa shape index (κ3) is 3.53. The van der Waals surface area contributed by atoms with Gasteiger partial charge in [-0.15, -0.1) is 0 Å². The second-order valence-electron chi connectivity index (χ2n) is 6.97. The largest absolute Gasteiger partial charge is 0.387 e. The Hall–Kier alpha value is -3.06. The van der Waals surface area contributed by atoms with Gasteiger partial charge in [0.2, 0.25) is 5.91 Å². The molecule has 4 rings (SSSR count). The van der Waals surface area contributed by atoms with Crippen molar-refractivity contribution in [1.82, 2.24) is 19.9 Å². The summed E-state index contributed by atoms with van der Waals surface area (Å²) in [5, 5.41) is 12.1. The number of likely N-dealkylation sites (tertiary alicyclic amines) is 1. The summed E-state index contributed by atoms with van der Waals surface area (Å²) in [7, 11) is 1.83. The molecule has 0 bridgehead atoms. The number of carbonyl (C=O) groups is 1. The van der Waals surface area contributed by atoms with Crippen LogP contribution in [0.2, 0.25) is 0 Å². The van der Waals surface area contributed by atoms with Crippen LogP contribution in [0.1, 0.15) is 24.3 Å². The second-order valence-corrected chi connectivity index (χ2v) is 6.97. The van der Waals surface area contributed by atoms with Crippen LogP contribution in [0.3, 0.4) is 0 Å². The third-order valence-corrected chi connectivity index (χ3v) is 5.35. The van der Waals surface area contributed by atoms with E-state index in [4.69, 9.17) is 5.11 Å². The molecule has 1 aliphatic heterocycles. The Balaban J connectivity index is 1.54. The first-order valence-corrected chi connectivity index (χ1v) is 9.48. The number of piperidine rings is 1. The fourth-order valence-corrected chi connectivity index (χ4v) is 3.78. The molecule has 0 spiro atoms. The van der Waals surface area contributed by atoms with E-state index in [1.54, 1.807) is 17.3 Å². The summed E-state index contributed by atoms with van der Waals surface area (Å²) in [6.07, 6.45) is 5.18. The number of rotatable bonds is 4. The number of aromatic nitrogens is 3. The molecule has 144 valence electrons. The number of aliphatic hydroxyl groups is 1. The molecule has 0 unspecified atom stereocenters. The molecule has 1 amide bonds. The highest BCUT2D eigenvalue weighted by molar-refractivity contribution is 5.88. The van der Waals surface area contributed by atoms with Crippen LogP contribution in [0.5, 0.6) is 0 Å². The first kappa shape index (κ1) is 18.3. The molecular formula is C21H23N5O2. The van der Waals surface area contributed by atoms with Gasteiger partial charge in [0.15, 0.2) is 5.82 Å². The number of nitrogens with one attached hydrogen (secondary N) is 1. The summed E-state index contributed by atoms with van der Waals surface area (Å²) in [6, 6.07) is 10.4. The van der Waals surface area contributed by atoms with E-state index in [1.807, 2.05) is 13.1 Å². The number of anilines is 1. The van der Waals surface area contributed by atoms with Crippen molar-refractivity contribution < 1.29 is 9.90 Å². The van der Waals surface area contributed by atoms with E-state index in [9.17, 15) is 4.79 Å². The average Bonchev–Trinajstić information content (AvgIpc) is 2.78. The second kappa shape index (κ2) is 7.90. The Kier molecular flexibility index (Phi) is 5.16. The SMILES string of the molecule is CNc1nc(-c2ccc(C3CCN(C(=O)CO)CC3)cc2)cc2nccnc12. The Morgan fingerprint density at radius 2 is 1.89 bits per heavy atom. The molecule has 0 saturated carbocycles. The Morgan fingerprint density at radius 3 is 2.57 bits per heavy atom. The lowest BCUT2D eigenvalue weighted by atomic mass is 9.88. The van der Waals surface area contributed by atoms with Gasteiger partial charge in [0, 0.05) is 38.1 Å². The molecule has 1 aliphatic rings. The highest BCUT2D eigenvalue weighted by Gasteiger charge is 2.23. The Morgan fingerprint density at radius 1 is 1.18 bits per heavy atom. The number of aliphatic hydroxyl groups excluding tert-OH is 1. The van der Waals surface area contributed by atoms with Crippen molar-refractivity contribution in [3.63, 3.8) is 0 Å². The Labute approximate surface area is 163 Å². The molecular weight excluding hydrogens is 354 g/mol. The van der Waals surface area contributed by atoms with Crippen molar-refractivity contribution in [2.24, 2.45) is 0 Å². The predicted octanol–water partition coefficient (Wildman–Crippen LogP) is 2.43. The van der Waals surface area contributed by atoms with Crippen molar-refractivity contribution in [3.8, 4) is 11.3 Å². The van der Waals surface area contributed by atoms with Gasteiger partial charge in [0.1, 0.15) is 12.1 Å². The van der Waals surface area contributed by atoms with E-state index in [0.717, 1.165) is 35.1 Å². The van der Waals surface area contributed by atoms with Crippen molar-refractivity contribution in [2.45, 2.75) is 18.8 Å². The van der Waals surface area contributed by atoms with Crippen LogP contribution in [0.15, 0.2) is 42.7 Å². The van der Waals surface area contributed by atoms with Gasteiger partial charge in [0.25, 0.3) is 0 Å². The molecule has 1 saturated heterocycles. The van der Waals surface area contributed by atoms with Gasteiger partial charge in [-0.05, 0) is 30.4 Å². The first-order valence-electron chi connectivity index (χ1n) is 9.48. The molecule has 0 aliphatic carbocycles. The van der Waals surface area contributed by atoms with Crippen LogP contribution in [0.4, 0.5) is 5.82 Å². The van der Waals surface area contributed by atoms with Crippen LogP contribution in [0.25, 0.3) is 22.3 Å². The monoisotopic (exact) mass is 377 g/mol. The summed E-state index contributed by atoms with van der Waals surface area (Å²) >= 11 is 0. The third-order valence-electron chi connectivity index (χ3n) is 5.35. The highest BCUT2D eigenvalue weighted by atomic mass is 16.3. The summed E-state index contributed by atoms with van der Waals surface area (Å²) in [5.74, 6) is 0.963.